The third kappa shape index (κ3) is 2.22. The van der Waals surface area contributed by atoms with E-state index in [2.05, 4.69) is 12.6 Å². The summed E-state index contributed by atoms with van der Waals surface area (Å²) >= 11 is 4.28. The molecule has 1 aliphatic carbocycles. The van der Waals surface area contributed by atoms with Gasteiger partial charge in [-0.3, -0.25) is 0 Å². The van der Waals surface area contributed by atoms with E-state index in [1.165, 1.54) is 12.8 Å². The van der Waals surface area contributed by atoms with Crippen molar-refractivity contribution in [2.24, 2.45) is 5.92 Å². The van der Waals surface area contributed by atoms with Gasteiger partial charge in [0.1, 0.15) is 0 Å². The van der Waals surface area contributed by atoms with Crippen molar-refractivity contribution in [2.45, 2.75) is 31.2 Å². The Morgan fingerprint density at radius 1 is 1.67 bits per heavy atom. The predicted molar refractivity (Wildman–Crippen MR) is 44.1 cm³/mol. The molecule has 9 heavy (non-hydrogen) atoms. The van der Waals surface area contributed by atoms with Gasteiger partial charge in [-0.25, -0.2) is 0 Å². The van der Waals surface area contributed by atoms with Crippen LogP contribution in [0.5, 0.6) is 0 Å². The van der Waals surface area contributed by atoms with Crippen LogP contribution in [0.1, 0.15) is 12.8 Å². The number of rotatable bonds is 2. The second-order valence-electron chi connectivity index (χ2n) is 3.08. The molecule has 0 atom stereocenters. The molecule has 1 saturated carbocycles. The molecule has 3 heteroatoms. The van der Waals surface area contributed by atoms with Crippen molar-refractivity contribution in [3.8, 4) is 0 Å². The van der Waals surface area contributed by atoms with Gasteiger partial charge in [-0.1, -0.05) is 6.82 Å². The summed E-state index contributed by atoms with van der Waals surface area (Å²) in [6.45, 7) is 1.74. The highest BCUT2D eigenvalue weighted by Gasteiger charge is 2.27. The fraction of sp³-hybridized carbons (Fsp3) is 1.00. The molecule has 0 bridgehead atoms. The lowest BCUT2D eigenvalue weighted by atomic mass is 9.60. The summed E-state index contributed by atoms with van der Waals surface area (Å²) in [4.78, 5) is 0. The van der Waals surface area contributed by atoms with Gasteiger partial charge in [-0.2, -0.15) is 12.6 Å². The molecule has 1 fully saturated rings. The summed E-state index contributed by atoms with van der Waals surface area (Å²) in [7, 11) is 0. The van der Waals surface area contributed by atoms with Crippen LogP contribution in [0.2, 0.25) is 13.1 Å². The SMILES string of the molecule is CB(O)CC1CC(S)C1. The van der Waals surface area contributed by atoms with Crippen molar-refractivity contribution in [2.75, 3.05) is 0 Å². The molecule has 52 valence electrons. The third-order valence-electron chi connectivity index (χ3n) is 1.89. The molecule has 0 amide bonds. The maximum atomic E-state index is 8.95. The first kappa shape index (κ1) is 7.48. The van der Waals surface area contributed by atoms with Crippen LogP contribution in [0.3, 0.4) is 0 Å². The summed E-state index contributed by atoms with van der Waals surface area (Å²) < 4.78 is 0. The van der Waals surface area contributed by atoms with Gasteiger partial charge in [-0.15, -0.1) is 0 Å². The molecule has 0 aromatic heterocycles. The fourth-order valence-electron chi connectivity index (χ4n) is 1.38. The first-order chi connectivity index (χ1) is 4.18. The van der Waals surface area contributed by atoms with Crippen LogP contribution in [-0.2, 0) is 0 Å². The molecule has 0 aromatic rings. The number of hydrogen-bond acceptors (Lipinski definition) is 2. The molecule has 1 aliphatic rings. The molecule has 0 aliphatic heterocycles. The predicted octanol–water partition coefficient (Wildman–Crippen LogP) is 1.31. The van der Waals surface area contributed by atoms with Crippen molar-refractivity contribution >= 4 is 19.5 Å². The van der Waals surface area contributed by atoms with Crippen molar-refractivity contribution in [1.82, 2.24) is 0 Å². The zero-order valence-corrected chi connectivity index (χ0v) is 6.64. The summed E-state index contributed by atoms with van der Waals surface area (Å²) in [5.41, 5.74) is 0. The zero-order valence-electron chi connectivity index (χ0n) is 5.75. The average Bonchev–Trinajstić information content (AvgIpc) is 1.60. The van der Waals surface area contributed by atoms with Gasteiger partial charge in [0.2, 0.25) is 0 Å². The molecule has 0 unspecified atom stereocenters. The van der Waals surface area contributed by atoms with E-state index in [0.717, 1.165) is 12.2 Å². The molecular formula is C6H13BOS. The topological polar surface area (TPSA) is 20.2 Å². The number of thiol groups is 1. The summed E-state index contributed by atoms with van der Waals surface area (Å²) in [5.74, 6) is 0.757. The van der Waals surface area contributed by atoms with Crippen molar-refractivity contribution < 1.29 is 5.02 Å². The maximum Gasteiger partial charge on any atom is 0.286 e. The van der Waals surface area contributed by atoms with Crippen molar-refractivity contribution in [3.63, 3.8) is 0 Å². The molecule has 0 aromatic carbocycles. The smallest absolute Gasteiger partial charge is 0.286 e. The Balaban J connectivity index is 2.04. The molecule has 1 nitrogen and oxygen atoms in total. The molecule has 0 saturated heterocycles. The van der Waals surface area contributed by atoms with Crippen molar-refractivity contribution in [1.29, 1.82) is 0 Å². The Hall–Kier alpha value is 0.375. The molecule has 1 N–H and O–H groups in total. The maximum absolute atomic E-state index is 8.95. The van der Waals surface area contributed by atoms with E-state index < -0.39 is 0 Å². The molecular weight excluding hydrogens is 131 g/mol. The molecule has 0 spiro atoms. The second-order valence-corrected chi connectivity index (χ2v) is 3.81. The van der Waals surface area contributed by atoms with Crippen LogP contribution in [0.15, 0.2) is 0 Å². The van der Waals surface area contributed by atoms with Crippen molar-refractivity contribution in [3.05, 3.63) is 0 Å². The third-order valence-corrected chi connectivity index (χ3v) is 2.31. The molecule has 0 heterocycles. The molecule has 1 rings (SSSR count). The molecule has 0 radical (unpaired) electrons. The lowest BCUT2D eigenvalue weighted by Crippen LogP contribution is -2.27. The standard InChI is InChI=1S/C6H13BOS/c1-7(8)4-5-2-6(9)3-5/h5-6,8-9H,2-4H2,1H3. The monoisotopic (exact) mass is 144 g/mol. The summed E-state index contributed by atoms with van der Waals surface area (Å²) in [5, 5.41) is 9.57. The van der Waals surface area contributed by atoms with E-state index in [0.29, 0.717) is 5.25 Å². The zero-order chi connectivity index (χ0) is 6.85. The van der Waals surface area contributed by atoms with Crippen LogP contribution >= 0.6 is 12.6 Å². The van der Waals surface area contributed by atoms with Gasteiger partial charge >= 0.3 is 0 Å². The average molecular weight is 144 g/mol. The van der Waals surface area contributed by atoms with Gasteiger partial charge in [0.15, 0.2) is 0 Å². The fourth-order valence-corrected chi connectivity index (χ4v) is 1.97. The van der Waals surface area contributed by atoms with E-state index in [9.17, 15) is 0 Å². The quantitative estimate of drug-likeness (QED) is 0.442. The van der Waals surface area contributed by atoms with Crippen LogP contribution in [-0.4, -0.2) is 17.2 Å². The van der Waals surface area contributed by atoms with E-state index in [-0.39, 0.29) is 6.92 Å². The first-order valence-corrected chi connectivity index (χ1v) is 4.06. The van der Waals surface area contributed by atoms with E-state index in [1.54, 1.807) is 0 Å². The normalized spacial score (nSPS) is 33.7. The van der Waals surface area contributed by atoms with Gasteiger partial charge in [0.25, 0.3) is 6.92 Å². The Bertz CT molecular complexity index is 91.1. The minimum Gasteiger partial charge on any atom is -0.451 e. The van der Waals surface area contributed by atoms with E-state index in [1.807, 2.05) is 6.82 Å². The van der Waals surface area contributed by atoms with Crippen LogP contribution in [0.25, 0.3) is 0 Å². The largest absolute Gasteiger partial charge is 0.451 e. The highest BCUT2D eigenvalue weighted by Crippen LogP contribution is 2.34. The Kier molecular flexibility index (Phi) is 2.47. The minimum atomic E-state index is -0.115. The lowest BCUT2D eigenvalue weighted by Gasteiger charge is -2.32. The Labute approximate surface area is 62.4 Å². The van der Waals surface area contributed by atoms with E-state index in [4.69, 9.17) is 5.02 Å². The highest BCUT2D eigenvalue weighted by molar-refractivity contribution is 7.81. The van der Waals surface area contributed by atoms with Gasteiger partial charge < -0.3 is 5.02 Å². The van der Waals surface area contributed by atoms with E-state index >= 15 is 0 Å². The number of hydrogen-bond donors (Lipinski definition) is 2. The minimum absolute atomic E-state index is 0.115. The summed E-state index contributed by atoms with van der Waals surface area (Å²) in [6.07, 6.45) is 3.37. The van der Waals surface area contributed by atoms with Crippen LogP contribution in [0, 0.1) is 5.92 Å². The first-order valence-electron chi connectivity index (χ1n) is 3.54. The lowest BCUT2D eigenvalue weighted by molar-refractivity contribution is 0.350. The van der Waals surface area contributed by atoms with Crippen LogP contribution in [0.4, 0.5) is 0 Å². The highest BCUT2D eigenvalue weighted by atomic mass is 32.1. The van der Waals surface area contributed by atoms with Gasteiger partial charge in [0.05, 0.1) is 0 Å². The Morgan fingerprint density at radius 2 is 2.22 bits per heavy atom. The second kappa shape index (κ2) is 2.97. The van der Waals surface area contributed by atoms with Crippen LogP contribution < -0.4 is 0 Å². The Morgan fingerprint density at radius 3 is 2.56 bits per heavy atom. The summed E-state index contributed by atoms with van der Waals surface area (Å²) in [6, 6.07) is 0. The van der Waals surface area contributed by atoms with Gasteiger partial charge in [0, 0.05) is 5.25 Å². The van der Waals surface area contributed by atoms with Gasteiger partial charge in [-0.05, 0) is 25.1 Å².